The molecule has 0 aromatic heterocycles. The van der Waals surface area contributed by atoms with Gasteiger partial charge in [0.2, 0.25) is 5.91 Å². The quantitative estimate of drug-likeness (QED) is 0.709. The Balaban J connectivity index is 2.86. The average Bonchev–Trinajstić information content (AvgIpc) is 1.94. The molecule has 1 amide bonds. The van der Waals surface area contributed by atoms with Gasteiger partial charge in [0.05, 0.1) is 0 Å². The Morgan fingerprint density at radius 3 is 2.08 bits per heavy atom. The summed E-state index contributed by atoms with van der Waals surface area (Å²) in [5.41, 5.74) is -0.888. The fourth-order valence-electron chi connectivity index (χ4n) is 1.94. The van der Waals surface area contributed by atoms with Crippen molar-refractivity contribution >= 4 is 11.9 Å². The second-order valence-electron chi connectivity index (χ2n) is 3.45. The Morgan fingerprint density at radius 1 is 1.46 bits per heavy atom. The summed E-state index contributed by atoms with van der Waals surface area (Å²) in [7, 11) is 0. The van der Waals surface area contributed by atoms with Crippen LogP contribution >= 0.6 is 0 Å². The van der Waals surface area contributed by atoms with Crippen molar-refractivity contribution in [2.75, 3.05) is 6.54 Å². The molecule has 1 fully saturated rings. The lowest BCUT2D eigenvalue weighted by molar-refractivity contribution is -0.165. The molecule has 74 valence electrons. The van der Waals surface area contributed by atoms with Gasteiger partial charge >= 0.3 is 5.97 Å². The van der Waals surface area contributed by atoms with E-state index in [4.69, 9.17) is 5.11 Å². The molecule has 0 aliphatic heterocycles. The van der Waals surface area contributed by atoms with Crippen molar-refractivity contribution in [1.82, 2.24) is 4.90 Å². The number of likely N-dealkylation sites (N-methyl/N-ethyl adjacent to an activating group) is 1. The van der Waals surface area contributed by atoms with Gasteiger partial charge in [-0.3, -0.25) is 4.79 Å². The van der Waals surface area contributed by atoms with Crippen molar-refractivity contribution in [2.24, 2.45) is 0 Å². The second-order valence-corrected chi connectivity index (χ2v) is 3.45. The van der Waals surface area contributed by atoms with Gasteiger partial charge in [0.25, 0.3) is 0 Å². The standard InChI is InChI=1S/C9H15NO3/c1-3-10(7(2)11)9(8(12)13)5-4-6-9/h3-6H2,1-2H3,(H,12,13). The van der Waals surface area contributed by atoms with E-state index in [2.05, 4.69) is 0 Å². The van der Waals surface area contributed by atoms with E-state index in [0.717, 1.165) is 6.42 Å². The molecule has 0 aromatic rings. The van der Waals surface area contributed by atoms with Gasteiger partial charge in [-0.25, -0.2) is 4.79 Å². The van der Waals surface area contributed by atoms with Gasteiger partial charge in [0, 0.05) is 13.5 Å². The first-order chi connectivity index (χ1) is 6.04. The number of amides is 1. The number of hydrogen-bond acceptors (Lipinski definition) is 2. The summed E-state index contributed by atoms with van der Waals surface area (Å²) in [6.45, 7) is 3.71. The van der Waals surface area contributed by atoms with E-state index in [1.54, 1.807) is 0 Å². The van der Waals surface area contributed by atoms with Gasteiger partial charge in [-0.15, -0.1) is 0 Å². The molecule has 4 nitrogen and oxygen atoms in total. The number of carboxylic acids is 1. The second kappa shape index (κ2) is 3.36. The number of aliphatic carboxylic acids is 1. The van der Waals surface area contributed by atoms with E-state index in [0.29, 0.717) is 19.4 Å². The molecule has 1 aliphatic carbocycles. The third kappa shape index (κ3) is 1.41. The Labute approximate surface area is 77.5 Å². The van der Waals surface area contributed by atoms with Crippen LogP contribution in [-0.2, 0) is 9.59 Å². The normalized spacial score (nSPS) is 18.9. The number of hydrogen-bond donors (Lipinski definition) is 1. The zero-order valence-corrected chi connectivity index (χ0v) is 8.04. The summed E-state index contributed by atoms with van der Waals surface area (Å²) in [6, 6.07) is 0. The third-order valence-electron chi connectivity index (χ3n) is 2.79. The average molecular weight is 185 g/mol. The van der Waals surface area contributed by atoms with E-state index in [1.165, 1.54) is 11.8 Å². The van der Waals surface area contributed by atoms with Gasteiger partial charge in [-0.2, -0.15) is 0 Å². The number of carboxylic acid groups (broad SMARTS) is 1. The SMILES string of the molecule is CCN(C(C)=O)C1(C(=O)O)CCC1. The molecule has 0 spiro atoms. The van der Waals surface area contributed by atoms with Crippen LogP contribution in [0.3, 0.4) is 0 Å². The van der Waals surface area contributed by atoms with Gasteiger partial charge in [0.15, 0.2) is 0 Å². The van der Waals surface area contributed by atoms with Crippen molar-refractivity contribution in [3.63, 3.8) is 0 Å². The zero-order valence-electron chi connectivity index (χ0n) is 8.04. The highest BCUT2D eigenvalue weighted by Gasteiger charge is 2.49. The summed E-state index contributed by atoms with van der Waals surface area (Å²) < 4.78 is 0. The minimum Gasteiger partial charge on any atom is -0.479 e. The molecule has 13 heavy (non-hydrogen) atoms. The van der Waals surface area contributed by atoms with Crippen molar-refractivity contribution in [1.29, 1.82) is 0 Å². The molecule has 0 saturated heterocycles. The molecule has 1 saturated carbocycles. The molecule has 0 aromatic carbocycles. The molecule has 1 aliphatic rings. The van der Waals surface area contributed by atoms with Crippen molar-refractivity contribution in [2.45, 2.75) is 38.6 Å². The number of rotatable bonds is 3. The maximum atomic E-state index is 11.2. The van der Waals surface area contributed by atoms with Gasteiger partial charge < -0.3 is 10.0 Å². The minimum absolute atomic E-state index is 0.149. The molecule has 1 rings (SSSR count). The molecule has 0 heterocycles. The highest BCUT2D eigenvalue weighted by atomic mass is 16.4. The lowest BCUT2D eigenvalue weighted by Gasteiger charge is -2.46. The maximum Gasteiger partial charge on any atom is 0.329 e. The fourth-order valence-corrected chi connectivity index (χ4v) is 1.94. The van der Waals surface area contributed by atoms with Crippen molar-refractivity contribution < 1.29 is 14.7 Å². The Morgan fingerprint density at radius 2 is 2.00 bits per heavy atom. The Hall–Kier alpha value is -1.06. The maximum absolute atomic E-state index is 11.2. The Kier molecular flexibility index (Phi) is 2.59. The lowest BCUT2D eigenvalue weighted by Crippen LogP contribution is -2.60. The van der Waals surface area contributed by atoms with E-state index >= 15 is 0 Å². The van der Waals surface area contributed by atoms with E-state index in [-0.39, 0.29) is 5.91 Å². The van der Waals surface area contributed by atoms with Crippen LogP contribution in [0.4, 0.5) is 0 Å². The summed E-state index contributed by atoms with van der Waals surface area (Å²) >= 11 is 0. The van der Waals surface area contributed by atoms with Crippen LogP contribution in [0.1, 0.15) is 33.1 Å². The van der Waals surface area contributed by atoms with Crippen molar-refractivity contribution in [3.05, 3.63) is 0 Å². The smallest absolute Gasteiger partial charge is 0.329 e. The van der Waals surface area contributed by atoms with Crippen LogP contribution in [-0.4, -0.2) is 34.0 Å². The molecular weight excluding hydrogens is 170 g/mol. The zero-order chi connectivity index (χ0) is 10.1. The highest BCUT2D eigenvalue weighted by molar-refractivity contribution is 5.86. The fraction of sp³-hybridized carbons (Fsp3) is 0.778. The van der Waals surface area contributed by atoms with Crippen molar-refractivity contribution in [3.8, 4) is 0 Å². The van der Waals surface area contributed by atoms with Crippen LogP contribution < -0.4 is 0 Å². The van der Waals surface area contributed by atoms with Gasteiger partial charge in [-0.1, -0.05) is 0 Å². The van der Waals surface area contributed by atoms with Crippen LogP contribution in [0.25, 0.3) is 0 Å². The van der Waals surface area contributed by atoms with E-state index < -0.39 is 11.5 Å². The number of carbonyl (C=O) groups is 2. The third-order valence-corrected chi connectivity index (χ3v) is 2.79. The van der Waals surface area contributed by atoms with Crippen LogP contribution in [0, 0.1) is 0 Å². The van der Waals surface area contributed by atoms with Crippen LogP contribution in [0.2, 0.25) is 0 Å². The number of carbonyl (C=O) groups excluding carboxylic acids is 1. The molecule has 1 N–H and O–H groups in total. The predicted octanol–water partition coefficient (Wildman–Crippen LogP) is 0.862. The number of nitrogens with zero attached hydrogens (tertiary/aromatic N) is 1. The topological polar surface area (TPSA) is 57.6 Å². The summed E-state index contributed by atoms with van der Waals surface area (Å²) in [5.74, 6) is -1.01. The predicted molar refractivity (Wildman–Crippen MR) is 47.3 cm³/mol. The highest BCUT2D eigenvalue weighted by Crippen LogP contribution is 2.37. The largest absolute Gasteiger partial charge is 0.479 e. The summed E-state index contributed by atoms with van der Waals surface area (Å²) in [5, 5.41) is 9.04. The molecule has 0 radical (unpaired) electrons. The monoisotopic (exact) mass is 185 g/mol. The van der Waals surface area contributed by atoms with E-state index in [9.17, 15) is 9.59 Å². The first-order valence-corrected chi connectivity index (χ1v) is 4.56. The summed E-state index contributed by atoms with van der Waals surface area (Å²) in [6.07, 6.45) is 2.08. The molecule has 0 unspecified atom stereocenters. The Bertz CT molecular complexity index is 233. The van der Waals surface area contributed by atoms with Crippen LogP contribution in [0.5, 0.6) is 0 Å². The minimum atomic E-state index is -0.888. The van der Waals surface area contributed by atoms with E-state index in [1.807, 2.05) is 6.92 Å². The van der Waals surface area contributed by atoms with Gasteiger partial charge in [0.1, 0.15) is 5.54 Å². The molecule has 4 heteroatoms. The first-order valence-electron chi connectivity index (χ1n) is 4.56. The lowest BCUT2D eigenvalue weighted by atomic mass is 9.75. The van der Waals surface area contributed by atoms with Crippen LogP contribution in [0.15, 0.2) is 0 Å². The van der Waals surface area contributed by atoms with Gasteiger partial charge in [-0.05, 0) is 26.2 Å². The molecule has 0 bridgehead atoms. The molecular formula is C9H15NO3. The summed E-state index contributed by atoms with van der Waals surface area (Å²) in [4.78, 5) is 23.7. The first kappa shape index (κ1) is 10.0. The molecule has 0 atom stereocenters.